The number of benzene rings is 3. The van der Waals surface area contributed by atoms with E-state index in [1.165, 1.54) is 54.6 Å². The Balaban J connectivity index is 1.58. The largest absolute Gasteiger partial charge is 0.423 e. The lowest BCUT2D eigenvalue weighted by Crippen LogP contribution is -2.17. The fourth-order valence-electron chi connectivity index (χ4n) is 4.24. The summed E-state index contributed by atoms with van der Waals surface area (Å²) in [5.41, 5.74) is 0.590. The number of nitro groups is 1. The van der Waals surface area contributed by atoms with Gasteiger partial charge < -0.3 is 4.74 Å². The van der Waals surface area contributed by atoms with Crippen molar-refractivity contribution < 1.29 is 23.2 Å². The molecule has 0 amide bonds. The maximum Gasteiger partial charge on any atom is 0.335 e. The molecule has 162 valence electrons. The average molecular weight is 435 g/mol. The minimum atomic E-state index is -0.626. The summed E-state index contributed by atoms with van der Waals surface area (Å²) in [6.07, 6.45) is 3.70. The first-order valence-electron chi connectivity index (χ1n) is 9.91. The fraction of sp³-hybridized carbons (Fsp3) is 0.160. The van der Waals surface area contributed by atoms with Crippen LogP contribution in [0.4, 0.5) is 14.5 Å². The van der Waals surface area contributed by atoms with E-state index in [1.807, 2.05) is 6.92 Å². The summed E-state index contributed by atoms with van der Waals surface area (Å²) in [6, 6.07) is 17.5. The Morgan fingerprint density at radius 1 is 0.938 bits per heavy atom. The standard InChI is InChI=1S/C25H19F2NO4/c1-24(15-14-23(29)32-22-12-10-21(11-13-22)28(30)31)16-25(24,17-2-6-19(26)7-3-17)18-4-8-20(27)9-5-18/h2-15H,16H2,1H3/b15-14+. The number of hydrogen-bond donors (Lipinski definition) is 0. The first kappa shape index (κ1) is 21.4. The van der Waals surface area contributed by atoms with E-state index in [4.69, 9.17) is 4.74 Å². The van der Waals surface area contributed by atoms with Crippen molar-refractivity contribution in [2.75, 3.05) is 0 Å². The SMILES string of the molecule is CC1(/C=C/C(=O)Oc2ccc([N+](=O)[O-])cc2)CC1(c1ccc(F)cc1)c1ccc(F)cc1. The molecule has 1 aliphatic carbocycles. The van der Waals surface area contributed by atoms with E-state index >= 15 is 0 Å². The maximum absolute atomic E-state index is 13.5. The van der Waals surface area contributed by atoms with Crippen LogP contribution in [0, 0.1) is 27.2 Å². The number of rotatable bonds is 6. The van der Waals surface area contributed by atoms with Crippen molar-refractivity contribution in [3.8, 4) is 5.75 Å². The highest BCUT2D eigenvalue weighted by molar-refractivity contribution is 5.84. The third-order valence-electron chi connectivity index (χ3n) is 6.01. The van der Waals surface area contributed by atoms with Gasteiger partial charge in [-0.3, -0.25) is 10.1 Å². The molecule has 1 fully saturated rings. The lowest BCUT2D eigenvalue weighted by molar-refractivity contribution is -0.384. The van der Waals surface area contributed by atoms with E-state index in [-0.39, 0.29) is 23.1 Å². The molecule has 7 heteroatoms. The number of allylic oxidation sites excluding steroid dienone is 1. The molecule has 4 rings (SSSR count). The number of carbonyl (C=O) groups excluding carboxylic acids is 1. The molecular formula is C25H19F2NO4. The Bertz CT molecular complexity index is 1140. The molecular weight excluding hydrogens is 416 g/mol. The van der Waals surface area contributed by atoms with Crippen LogP contribution in [0.2, 0.25) is 0 Å². The summed E-state index contributed by atoms with van der Waals surface area (Å²) in [5.74, 6) is -1.14. The van der Waals surface area contributed by atoms with Gasteiger partial charge >= 0.3 is 5.97 Å². The van der Waals surface area contributed by atoms with Crippen LogP contribution in [0.25, 0.3) is 0 Å². The van der Waals surface area contributed by atoms with Gasteiger partial charge in [0, 0.05) is 29.0 Å². The molecule has 0 heterocycles. The molecule has 1 atom stereocenters. The van der Waals surface area contributed by atoms with Crippen molar-refractivity contribution in [1.82, 2.24) is 0 Å². The van der Waals surface area contributed by atoms with Gasteiger partial charge in [-0.15, -0.1) is 0 Å². The molecule has 0 spiro atoms. The van der Waals surface area contributed by atoms with Crippen molar-refractivity contribution in [2.24, 2.45) is 5.41 Å². The predicted molar refractivity (Wildman–Crippen MR) is 114 cm³/mol. The van der Waals surface area contributed by atoms with Gasteiger partial charge in [-0.05, 0) is 53.9 Å². The summed E-state index contributed by atoms with van der Waals surface area (Å²) >= 11 is 0. The summed E-state index contributed by atoms with van der Waals surface area (Å²) in [6.45, 7) is 1.97. The summed E-state index contributed by atoms with van der Waals surface area (Å²) in [7, 11) is 0. The van der Waals surface area contributed by atoms with Gasteiger partial charge in [0.2, 0.25) is 0 Å². The summed E-state index contributed by atoms with van der Waals surface area (Å²) < 4.78 is 32.3. The molecule has 0 saturated heterocycles. The lowest BCUT2D eigenvalue weighted by atomic mass is 9.80. The Morgan fingerprint density at radius 2 is 1.44 bits per heavy atom. The van der Waals surface area contributed by atoms with Crippen molar-refractivity contribution in [3.63, 3.8) is 0 Å². The molecule has 1 aliphatic rings. The van der Waals surface area contributed by atoms with Crippen LogP contribution in [0.1, 0.15) is 24.5 Å². The second-order valence-electron chi connectivity index (χ2n) is 8.02. The van der Waals surface area contributed by atoms with Gasteiger partial charge in [-0.25, -0.2) is 13.6 Å². The zero-order valence-corrected chi connectivity index (χ0v) is 17.1. The number of nitrogens with zero attached hydrogens (tertiary/aromatic N) is 1. The zero-order chi connectivity index (χ0) is 22.9. The van der Waals surface area contributed by atoms with Crippen LogP contribution in [0.15, 0.2) is 84.9 Å². The summed E-state index contributed by atoms with van der Waals surface area (Å²) in [5, 5.41) is 10.7. The summed E-state index contributed by atoms with van der Waals surface area (Å²) in [4.78, 5) is 22.5. The Kier molecular flexibility index (Phi) is 5.34. The Hall–Kier alpha value is -3.87. The van der Waals surface area contributed by atoms with Gasteiger partial charge in [0.15, 0.2) is 0 Å². The van der Waals surface area contributed by atoms with Crippen molar-refractivity contribution in [2.45, 2.75) is 18.8 Å². The average Bonchev–Trinajstić information content (AvgIpc) is 3.40. The number of carbonyl (C=O) groups is 1. The van der Waals surface area contributed by atoms with Crippen molar-refractivity contribution in [3.05, 3.63) is 118 Å². The highest BCUT2D eigenvalue weighted by Gasteiger charge is 2.64. The number of nitro benzene ring substituents is 1. The predicted octanol–water partition coefficient (Wildman–Crippen LogP) is 5.73. The Morgan fingerprint density at radius 3 is 1.91 bits per heavy atom. The fourth-order valence-corrected chi connectivity index (χ4v) is 4.24. The molecule has 0 radical (unpaired) electrons. The smallest absolute Gasteiger partial charge is 0.335 e. The minimum Gasteiger partial charge on any atom is -0.423 e. The molecule has 0 aromatic heterocycles. The number of halogens is 2. The number of esters is 1. The zero-order valence-electron chi connectivity index (χ0n) is 17.1. The highest BCUT2D eigenvalue weighted by Crippen LogP contribution is 2.68. The van der Waals surface area contributed by atoms with Crippen molar-refractivity contribution >= 4 is 11.7 Å². The van der Waals surface area contributed by atoms with Crippen LogP contribution in [-0.4, -0.2) is 10.9 Å². The monoisotopic (exact) mass is 435 g/mol. The first-order chi connectivity index (χ1) is 15.2. The quantitative estimate of drug-likeness (QED) is 0.163. The molecule has 1 unspecified atom stereocenters. The lowest BCUT2D eigenvalue weighted by Gasteiger charge is -2.22. The van der Waals surface area contributed by atoms with Crippen LogP contribution < -0.4 is 4.74 Å². The second kappa shape index (κ2) is 8.00. The van der Waals surface area contributed by atoms with Gasteiger partial charge in [0.25, 0.3) is 5.69 Å². The minimum absolute atomic E-state index is 0.103. The molecule has 3 aromatic rings. The van der Waals surface area contributed by atoms with E-state index < -0.39 is 21.7 Å². The molecule has 0 N–H and O–H groups in total. The van der Waals surface area contributed by atoms with E-state index in [2.05, 4.69) is 0 Å². The van der Waals surface area contributed by atoms with Crippen LogP contribution in [-0.2, 0) is 10.2 Å². The van der Waals surface area contributed by atoms with E-state index in [0.29, 0.717) is 6.42 Å². The first-order valence-corrected chi connectivity index (χ1v) is 9.91. The molecule has 5 nitrogen and oxygen atoms in total. The molecule has 0 aliphatic heterocycles. The third-order valence-corrected chi connectivity index (χ3v) is 6.01. The third kappa shape index (κ3) is 3.89. The Labute approximate surface area is 183 Å². The number of ether oxygens (including phenoxy) is 1. The number of hydrogen-bond acceptors (Lipinski definition) is 4. The van der Waals surface area contributed by atoms with Crippen LogP contribution in [0.3, 0.4) is 0 Å². The molecule has 3 aromatic carbocycles. The number of non-ortho nitro benzene ring substituents is 1. The van der Waals surface area contributed by atoms with Gasteiger partial charge in [-0.2, -0.15) is 0 Å². The topological polar surface area (TPSA) is 69.4 Å². The van der Waals surface area contributed by atoms with Gasteiger partial charge in [0.1, 0.15) is 17.4 Å². The van der Waals surface area contributed by atoms with Crippen molar-refractivity contribution in [1.29, 1.82) is 0 Å². The normalized spacial score (nSPS) is 19.0. The van der Waals surface area contributed by atoms with Gasteiger partial charge in [0.05, 0.1) is 4.92 Å². The molecule has 0 bridgehead atoms. The molecule has 1 saturated carbocycles. The maximum atomic E-state index is 13.5. The van der Waals surface area contributed by atoms with Crippen LogP contribution in [0.5, 0.6) is 5.75 Å². The highest BCUT2D eigenvalue weighted by atomic mass is 19.1. The van der Waals surface area contributed by atoms with E-state index in [0.717, 1.165) is 11.1 Å². The van der Waals surface area contributed by atoms with E-state index in [9.17, 15) is 23.7 Å². The second-order valence-corrected chi connectivity index (χ2v) is 8.02. The van der Waals surface area contributed by atoms with E-state index in [1.54, 1.807) is 30.3 Å². The van der Waals surface area contributed by atoms with Gasteiger partial charge in [-0.1, -0.05) is 37.3 Å². The van der Waals surface area contributed by atoms with Crippen LogP contribution >= 0.6 is 0 Å². The molecule has 32 heavy (non-hydrogen) atoms.